The maximum absolute atomic E-state index is 12.3. The maximum atomic E-state index is 12.3. The third-order valence-electron chi connectivity index (χ3n) is 4.14. The molecule has 0 aliphatic heterocycles. The predicted molar refractivity (Wildman–Crippen MR) is 115 cm³/mol. The van der Waals surface area contributed by atoms with Crippen molar-refractivity contribution in [3.05, 3.63) is 59.7 Å². The molecule has 0 bridgehead atoms. The van der Waals surface area contributed by atoms with E-state index in [2.05, 4.69) is 48.3 Å². The van der Waals surface area contributed by atoms with E-state index in [-0.39, 0.29) is 4.90 Å². The Balaban J connectivity index is 2.16. The molecule has 0 saturated carbocycles. The molecule has 0 amide bonds. The number of hydrogen-bond acceptors (Lipinski definition) is 3. The molecule has 0 atom stereocenters. The fourth-order valence-electron chi connectivity index (χ4n) is 2.58. The number of benzene rings is 2. The highest BCUT2D eigenvalue weighted by Gasteiger charge is 2.18. The van der Waals surface area contributed by atoms with E-state index >= 15 is 0 Å². The zero-order valence-corrected chi connectivity index (χ0v) is 17.9. The minimum atomic E-state index is -3.48. The maximum Gasteiger partial charge on any atom is 0.242 e. The lowest BCUT2D eigenvalue weighted by atomic mass is 10.1. The molecule has 0 aliphatic rings. The number of aryl methyl sites for hydroxylation is 1. The van der Waals surface area contributed by atoms with Crippen LogP contribution in [0.1, 0.15) is 24.5 Å². The average Bonchev–Trinajstić information content (AvgIpc) is 2.63. The SMILES string of the molecule is CCCN(Cc1ccc(C)cc1)C(=S)Nc1cccc(S(=O)(=O)N(C)C)c1. The van der Waals surface area contributed by atoms with Crippen molar-refractivity contribution in [1.82, 2.24) is 9.21 Å². The smallest absolute Gasteiger partial charge is 0.242 e. The molecule has 5 nitrogen and oxygen atoms in total. The van der Waals surface area contributed by atoms with Crippen LogP contribution in [0.4, 0.5) is 5.69 Å². The summed E-state index contributed by atoms with van der Waals surface area (Å²) in [5.74, 6) is 0. The Kier molecular flexibility index (Phi) is 7.35. The number of sulfonamides is 1. The zero-order valence-electron chi connectivity index (χ0n) is 16.3. The van der Waals surface area contributed by atoms with E-state index in [0.717, 1.165) is 13.0 Å². The van der Waals surface area contributed by atoms with Crippen LogP contribution in [-0.2, 0) is 16.6 Å². The molecular weight excluding hydrogens is 378 g/mol. The first-order valence-electron chi connectivity index (χ1n) is 8.88. The standard InChI is InChI=1S/C20H27N3O2S2/c1-5-13-23(15-17-11-9-16(2)10-12-17)20(26)21-18-7-6-8-19(14-18)27(24,25)22(3)4/h6-12,14H,5,13,15H2,1-4H3,(H,21,26). The van der Waals surface area contributed by atoms with Crippen LogP contribution in [0.3, 0.4) is 0 Å². The van der Waals surface area contributed by atoms with Gasteiger partial charge in [-0.05, 0) is 49.3 Å². The number of nitrogens with one attached hydrogen (secondary N) is 1. The molecule has 0 fully saturated rings. The van der Waals surface area contributed by atoms with Gasteiger partial charge in [0.25, 0.3) is 0 Å². The number of hydrogen-bond donors (Lipinski definition) is 1. The highest BCUT2D eigenvalue weighted by atomic mass is 32.2. The average molecular weight is 406 g/mol. The van der Waals surface area contributed by atoms with Crippen molar-refractivity contribution in [2.24, 2.45) is 0 Å². The lowest BCUT2D eigenvalue weighted by Gasteiger charge is -2.26. The van der Waals surface area contributed by atoms with Crippen LogP contribution in [-0.4, -0.2) is 43.4 Å². The highest BCUT2D eigenvalue weighted by Crippen LogP contribution is 2.19. The predicted octanol–water partition coefficient (Wildman–Crippen LogP) is 3.85. The minimum absolute atomic E-state index is 0.237. The van der Waals surface area contributed by atoms with E-state index in [1.54, 1.807) is 18.2 Å². The Bertz CT molecular complexity index is 878. The van der Waals surface area contributed by atoms with Gasteiger partial charge in [0.15, 0.2) is 5.11 Å². The van der Waals surface area contributed by atoms with Gasteiger partial charge in [0.05, 0.1) is 4.90 Å². The normalized spacial score (nSPS) is 11.4. The monoisotopic (exact) mass is 405 g/mol. The van der Waals surface area contributed by atoms with E-state index < -0.39 is 10.0 Å². The molecule has 0 saturated heterocycles. The Morgan fingerprint density at radius 1 is 1.11 bits per heavy atom. The minimum Gasteiger partial charge on any atom is -0.345 e. The van der Waals surface area contributed by atoms with Gasteiger partial charge in [-0.3, -0.25) is 0 Å². The Hall–Kier alpha value is -1.96. The summed E-state index contributed by atoms with van der Waals surface area (Å²) in [4.78, 5) is 2.33. The van der Waals surface area contributed by atoms with Crippen LogP contribution < -0.4 is 5.32 Å². The third-order valence-corrected chi connectivity index (χ3v) is 6.31. The number of rotatable bonds is 7. The van der Waals surface area contributed by atoms with Crippen LogP contribution in [0, 0.1) is 6.92 Å². The summed E-state index contributed by atoms with van der Waals surface area (Å²) in [5.41, 5.74) is 3.07. The van der Waals surface area contributed by atoms with E-state index in [1.807, 2.05) is 6.07 Å². The highest BCUT2D eigenvalue weighted by molar-refractivity contribution is 7.89. The molecule has 0 radical (unpaired) electrons. The quantitative estimate of drug-likeness (QED) is 0.709. The van der Waals surface area contributed by atoms with Crippen LogP contribution >= 0.6 is 12.2 Å². The summed E-state index contributed by atoms with van der Waals surface area (Å²) in [5, 5.41) is 3.76. The molecule has 0 aliphatic carbocycles. The Morgan fingerprint density at radius 2 is 1.78 bits per heavy atom. The van der Waals surface area contributed by atoms with Crippen molar-refractivity contribution >= 4 is 33.0 Å². The first-order valence-corrected chi connectivity index (χ1v) is 10.7. The molecule has 1 N–H and O–H groups in total. The summed E-state index contributed by atoms with van der Waals surface area (Å²) in [6.07, 6.45) is 0.961. The summed E-state index contributed by atoms with van der Waals surface area (Å²) >= 11 is 5.59. The van der Waals surface area contributed by atoms with Gasteiger partial charge in [0.1, 0.15) is 0 Å². The second-order valence-electron chi connectivity index (χ2n) is 6.65. The van der Waals surface area contributed by atoms with Gasteiger partial charge in [-0.25, -0.2) is 12.7 Å². The summed E-state index contributed by atoms with van der Waals surface area (Å²) < 4.78 is 25.9. The number of nitrogens with zero attached hydrogens (tertiary/aromatic N) is 2. The van der Waals surface area contributed by atoms with E-state index in [1.165, 1.54) is 29.5 Å². The van der Waals surface area contributed by atoms with Gasteiger partial charge in [0.2, 0.25) is 10.0 Å². The van der Waals surface area contributed by atoms with Crippen molar-refractivity contribution in [1.29, 1.82) is 0 Å². The lowest BCUT2D eigenvalue weighted by Crippen LogP contribution is -2.35. The van der Waals surface area contributed by atoms with Crippen molar-refractivity contribution in [3.63, 3.8) is 0 Å². The fraction of sp³-hybridized carbons (Fsp3) is 0.350. The van der Waals surface area contributed by atoms with Gasteiger partial charge in [-0.1, -0.05) is 42.8 Å². The summed E-state index contributed by atoms with van der Waals surface area (Å²) in [7, 11) is -0.445. The Morgan fingerprint density at radius 3 is 2.37 bits per heavy atom. The van der Waals surface area contributed by atoms with Gasteiger partial charge in [0, 0.05) is 32.9 Å². The first kappa shape index (κ1) is 21.3. The van der Waals surface area contributed by atoms with Gasteiger partial charge in [-0.2, -0.15) is 0 Å². The molecular formula is C20H27N3O2S2. The second kappa shape index (κ2) is 9.30. The van der Waals surface area contributed by atoms with E-state index in [0.29, 0.717) is 17.3 Å². The molecule has 146 valence electrons. The molecule has 0 aromatic heterocycles. The van der Waals surface area contributed by atoms with Gasteiger partial charge in [-0.15, -0.1) is 0 Å². The largest absolute Gasteiger partial charge is 0.345 e. The van der Waals surface area contributed by atoms with Crippen LogP contribution in [0.25, 0.3) is 0 Å². The van der Waals surface area contributed by atoms with Crippen LogP contribution in [0.15, 0.2) is 53.4 Å². The van der Waals surface area contributed by atoms with Gasteiger partial charge >= 0.3 is 0 Å². The third kappa shape index (κ3) is 5.76. The Labute approximate surface area is 168 Å². The topological polar surface area (TPSA) is 52.7 Å². The molecule has 2 rings (SSSR count). The number of anilines is 1. The first-order chi connectivity index (χ1) is 12.7. The molecule has 0 heterocycles. The molecule has 0 unspecified atom stereocenters. The fourth-order valence-corrected chi connectivity index (χ4v) is 3.81. The summed E-state index contributed by atoms with van der Waals surface area (Å²) in [6.45, 7) is 5.69. The van der Waals surface area contributed by atoms with Crippen molar-refractivity contribution in [2.75, 3.05) is 26.0 Å². The van der Waals surface area contributed by atoms with Crippen LogP contribution in [0.2, 0.25) is 0 Å². The van der Waals surface area contributed by atoms with Crippen molar-refractivity contribution in [3.8, 4) is 0 Å². The molecule has 0 spiro atoms. The molecule has 27 heavy (non-hydrogen) atoms. The molecule has 7 heteroatoms. The summed E-state index contributed by atoms with van der Waals surface area (Å²) in [6, 6.07) is 15.1. The number of thiocarbonyl (C=S) groups is 1. The van der Waals surface area contributed by atoms with Crippen molar-refractivity contribution in [2.45, 2.75) is 31.7 Å². The van der Waals surface area contributed by atoms with Crippen LogP contribution in [0.5, 0.6) is 0 Å². The lowest BCUT2D eigenvalue weighted by molar-refractivity contribution is 0.418. The molecule has 2 aromatic rings. The zero-order chi connectivity index (χ0) is 20.0. The van der Waals surface area contributed by atoms with E-state index in [4.69, 9.17) is 12.2 Å². The van der Waals surface area contributed by atoms with Gasteiger partial charge < -0.3 is 10.2 Å². The second-order valence-corrected chi connectivity index (χ2v) is 9.19. The molecule has 2 aromatic carbocycles. The van der Waals surface area contributed by atoms with Crippen molar-refractivity contribution < 1.29 is 8.42 Å². The van der Waals surface area contributed by atoms with E-state index in [9.17, 15) is 8.42 Å².